The van der Waals surface area contributed by atoms with E-state index < -0.39 is 27.4 Å². The summed E-state index contributed by atoms with van der Waals surface area (Å²) in [6.07, 6.45) is 1.22. The minimum atomic E-state index is -4.19. The lowest BCUT2D eigenvalue weighted by Crippen LogP contribution is -2.39. The normalized spacial score (nSPS) is 11.3. The van der Waals surface area contributed by atoms with Crippen LogP contribution in [0, 0.1) is 10.1 Å². The SMILES string of the molecule is CCOc1ccccc1N(CC(=O)N/N=C\c1cccc([N+](=O)[O-])c1)S(=O)(=O)c1ccc(Cl)cc1. The second kappa shape index (κ2) is 11.4. The first-order valence-electron chi connectivity index (χ1n) is 10.3. The lowest BCUT2D eigenvalue weighted by molar-refractivity contribution is -0.384. The van der Waals surface area contributed by atoms with E-state index in [1.807, 2.05) is 0 Å². The first-order chi connectivity index (χ1) is 16.7. The number of hydrazone groups is 1. The number of carbonyl (C=O) groups excluding carboxylic acids is 1. The molecule has 0 aliphatic carbocycles. The van der Waals surface area contributed by atoms with E-state index in [4.69, 9.17) is 16.3 Å². The van der Waals surface area contributed by atoms with Crippen LogP contribution in [-0.2, 0) is 14.8 Å². The summed E-state index contributed by atoms with van der Waals surface area (Å²) in [5.74, 6) is -0.462. The van der Waals surface area contributed by atoms with E-state index in [-0.39, 0.29) is 28.6 Å². The number of benzene rings is 3. The smallest absolute Gasteiger partial charge is 0.270 e. The highest BCUT2D eigenvalue weighted by atomic mass is 35.5. The van der Waals surface area contributed by atoms with Gasteiger partial charge in [-0.05, 0) is 43.3 Å². The van der Waals surface area contributed by atoms with E-state index in [1.54, 1.807) is 31.2 Å². The molecule has 0 radical (unpaired) electrons. The molecular weight excluding hydrogens is 496 g/mol. The molecule has 0 atom stereocenters. The minimum Gasteiger partial charge on any atom is -0.492 e. The van der Waals surface area contributed by atoms with E-state index in [0.29, 0.717) is 10.6 Å². The fraction of sp³-hybridized carbons (Fsp3) is 0.130. The molecule has 0 unspecified atom stereocenters. The highest BCUT2D eigenvalue weighted by Crippen LogP contribution is 2.32. The molecule has 0 spiro atoms. The summed E-state index contributed by atoms with van der Waals surface area (Å²) in [7, 11) is -4.19. The summed E-state index contributed by atoms with van der Waals surface area (Å²) in [5, 5.41) is 15.1. The number of anilines is 1. The van der Waals surface area contributed by atoms with Gasteiger partial charge in [-0.3, -0.25) is 19.2 Å². The fourth-order valence-corrected chi connectivity index (χ4v) is 4.59. The van der Waals surface area contributed by atoms with Crippen molar-refractivity contribution in [3.05, 3.63) is 93.5 Å². The molecule has 1 amide bonds. The average Bonchev–Trinajstić information content (AvgIpc) is 2.83. The fourth-order valence-electron chi connectivity index (χ4n) is 3.04. The molecule has 0 saturated heterocycles. The van der Waals surface area contributed by atoms with Crippen molar-refractivity contribution in [3.8, 4) is 5.75 Å². The Kier molecular flexibility index (Phi) is 8.39. The molecule has 10 nitrogen and oxygen atoms in total. The summed E-state index contributed by atoms with van der Waals surface area (Å²) in [5.41, 5.74) is 2.68. The molecule has 35 heavy (non-hydrogen) atoms. The summed E-state index contributed by atoms with van der Waals surface area (Å²) in [6, 6.07) is 17.6. The number of amides is 1. The first-order valence-corrected chi connectivity index (χ1v) is 12.1. The van der Waals surface area contributed by atoms with Crippen molar-refractivity contribution in [2.45, 2.75) is 11.8 Å². The van der Waals surface area contributed by atoms with Crippen LogP contribution >= 0.6 is 11.6 Å². The molecule has 0 aliphatic heterocycles. The Hall–Kier alpha value is -3.96. The predicted octanol–water partition coefficient (Wildman–Crippen LogP) is 3.99. The molecule has 0 saturated carbocycles. The van der Waals surface area contributed by atoms with E-state index in [9.17, 15) is 23.3 Å². The summed E-state index contributed by atoms with van der Waals surface area (Å²) in [6.45, 7) is 1.43. The molecule has 1 N–H and O–H groups in total. The molecule has 3 aromatic carbocycles. The van der Waals surface area contributed by atoms with Gasteiger partial charge in [0, 0.05) is 22.7 Å². The van der Waals surface area contributed by atoms with E-state index >= 15 is 0 Å². The van der Waals surface area contributed by atoms with Gasteiger partial charge in [0.15, 0.2) is 0 Å². The topological polar surface area (TPSA) is 131 Å². The highest BCUT2D eigenvalue weighted by Gasteiger charge is 2.29. The number of hydrogen-bond donors (Lipinski definition) is 1. The zero-order valence-electron chi connectivity index (χ0n) is 18.5. The Labute approximate surface area is 207 Å². The lowest BCUT2D eigenvalue weighted by atomic mass is 10.2. The number of carbonyl (C=O) groups is 1. The van der Waals surface area contributed by atoms with Gasteiger partial charge in [0.25, 0.3) is 21.6 Å². The third-order valence-corrected chi connectivity index (χ3v) is 6.63. The molecule has 182 valence electrons. The number of ether oxygens (including phenoxy) is 1. The summed E-state index contributed by atoms with van der Waals surface area (Å²) >= 11 is 5.90. The number of halogens is 1. The molecule has 3 rings (SSSR count). The maximum atomic E-state index is 13.5. The third kappa shape index (κ3) is 6.55. The van der Waals surface area contributed by atoms with Crippen LogP contribution in [0.4, 0.5) is 11.4 Å². The van der Waals surface area contributed by atoms with Gasteiger partial charge in [-0.25, -0.2) is 13.8 Å². The Balaban J connectivity index is 1.88. The van der Waals surface area contributed by atoms with Crippen molar-refractivity contribution in [1.29, 1.82) is 0 Å². The number of hydrogen-bond acceptors (Lipinski definition) is 7. The van der Waals surface area contributed by atoms with Crippen LogP contribution in [0.3, 0.4) is 0 Å². The maximum Gasteiger partial charge on any atom is 0.270 e. The van der Waals surface area contributed by atoms with Gasteiger partial charge in [0.1, 0.15) is 12.3 Å². The molecule has 12 heteroatoms. The Morgan fingerprint density at radius 1 is 1.14 bits per heavy atom. The van der Waals surface area contributed by atoms with Crippen molar-refractivity contribution in [2.75, 3.05) is 17.5 Å². The van der Waals surface area contributed by atoms with Gasteiger partial charge < -0.3 is 4.74 Å². The quantitative estimate of drug-likeness (QED) is 0.246. The standard InChI is InChI=1S/C23H21ClN4O6S/c1-2-34-22-9-4-3-8-21(22)27(35(32,33)20-12-10-18(24)11-13-20)16-23(29)26-25-15-17-6-5-7-19(14-17)28(30)31/h3-15H,2,16H2,1H3,(H,26,29)/b25-15-. The number of nitro groups is 1. The van der Waals surface area contributed by atoms with Crippen LogP contribution in [-0.4, -0.2) is 38.6 Å². The Bertz CT molecular complexity index is 1350. The van der Waals surface area contributed by atoms with Crippen molar-refractivity contribution in [3.63, 3.8) is 0 Å². The van der Waals surface area contributed by atoms with E-state index in [1.165, 1.54) is 54.7 Å². The van der Waals surface area contributed by atoms with Crippen molar-refractivity contribution >= 4 is 45.1 Å². The lowest BCUT2D eigenvalue weighted by Gasteiger charge is -2.25. The van der Waals surface area contributed by atoms with E-state index in [2.05, 4.69) is 10.5 Å². The number of para-hydroxylation sites is 2. The van der Waals surface area contributed by atoms with Gasteiger partial charge in [-0.15, -0.1) is 0 Å². The number of nitrogens with one attached hydrogen (secondary N) is 1. The van der Waals surface area contributed by atoms with Crippen LogP contribution in [0.1, 0.15) is 12.5 Å². The average molecular weight is 517 g/mol. The van der Waals surface area contributed by atoms with Crippen LogP contribution in [0.2, 0.25) is 5.02 Å². The van der Waals surface area contributed by atoms with Gasteiger partial charge in [0.05, 0.1) is 28.3 Å². The molecule has 0 aromatic heterocycles. The van der Waals surface area contributed by atoms with Gasteiger partial charge >= 0.3 is 0 Å². The van der Waals surface area contributed by atoms with Crippen LogP contribution in [0.5, 0.6) is 5.75 Å². The third-order valence-electron chi connectivity index (χ3n) is 4.61. The van der Waals surface area contributed by atoms with Crippen molar-refractivity contribution in [2.24, 2.45) is 5.10 Å². The molecular formula is C23H21ClN4O6S. The number of nitro benzene ring substituents is 1. The monoisotopic (exact) mass is 516 g/mol. The van der Waals surface area contributed by atoms with Crippen molar-refractivity contribution < 1.29 is 22.9 Å². The predicted molar refractivity (Wildman–Crippen MR) is 132 cm³/mol. The molecule has 3 aromatic rings. The highest BCUT2D eigenvalue weighted by molar-refractivity contribution is 7.92. The van der Waals surface area contributed by atoms with Gasteiger partial charge in [-0.1, -0.05) is 35.9 Å². The number of sulfonamides is 1. The zero-order chi connectivity index (χ0) is 25.4. The summed E-state index contributed by atoms with van der Waals surface area (Å²) < 4.78 is 33.4. The maximum absolute atomic E-state index is 13.5. The first kappa shape index (κ1) is 25.7. The number of nitrogens with zero attached hydrogens (tertiary/aromatic N) is 3. The van der Waals surface area contributed by atoms with Gasteiger partial charge in [0.2, 0.25) is 0 Å². The largest absolute Gasteiger partial charge is 0.492 e. The second-order valence-electron chi connectivity index (χ2n) is 7.01. The number of rotatable bonds is 10. The molecule has 0 heterocycles. The van der Waals surface area contributed by atoms with Crippen LogP contribution in [0.25, 0.3) is 0 Å². The van der Waals surface area contributed by atoms with Crippen LogP contribution in [0.15, 0.2) is 82.8 Å². The minimum absolute atomic E-state index is 0.0684. The molecule has 0 aliphatic rings. The summed E-state index contributed by atoms with van der Waals surface area (Å²) in [4.78, 5) is 23.0. The molecule has 0 fully saturated rings. The van der Waals surface area contributed by atoms with Crippen LogP contribution < -0.4 is 14.5 Å². The van der Waals surface area contributed by atoms with Gasteiger partial charge in [-0.2, -0.15) is 5.10 Å². The van der Waals surface area contributed by atoms with E-state index in [0.717, 1.165) is 4.31 Å². The Morgan fingerprint density at radius 2 is 1.86 bits per heavy atom. The second-order valence-corrected chi connectivity index (χ2v) is 9.31. The molecule has 0 bridgehead atoms. The number of non-ortho nitro benzene ring substituents is 1. The Morgan fingerprint density at radius 3 is 2.54 bits per heavy atom. The van der Waals surface area contributed by atoms with Crippen molar-refractivity contribution in [1.82, 2.24) is 5.43 Å². The zero-order valence-corrected chi connectivity index (χ0v) is 20.1.